The maximum absolute atomic E-state index is 14.7. The number of nitrogens with one attached hydrogen (secondary N) is 1. The Morgan fingerprint density at radius 1 is 0.787 bits per heavy atom. The van der Waals surface area contributed by atoms with E-state index < -0.39 is 28.5 Å². The van der Waals surface area contributed by atoms with Crippen molar-refractivity contribution in [3.05, 3.63) is 130 Å². The van der Waals surface area contributed by atoms with Crippen LogP contribution in [-0.2, 0) is 32.6 Å². The highest BCUT2D eigenvalue weighted by Gasteiger charge is 2.35. The lowest BCUT2D eigenvalue weighted by Crippen LogP contribution is -2.55. The minimum atomic E-state index is -4.15. The predicted molar refractivity (Wildman–Crippen MR) is 191 cm³/mol. The smallest absolute Gasteiger partial charge is 0.264 e. The Bertz CT molecular complexity index is 1740. The van der Waals surface area contributed by atoms with Crippen LogP contribution < -0.4 is 9.62 Å². The topological polar surface area (TPSA) is 86.8 Å². The van der Waals surface area contributed by atoms with Gasteiger partial charge in [-0.15, -0.1) is 0 Å². The molecule has 5 rings (SSSR count). The molecule has 4 aromatic rings. The normalized spacial score (nSPS) is 14.3. The van der Waals surface area contributed by atoms with Crippen molar-refractivity contribution in [3.63, 3.8) is 0 Å². The molecule has 1 atom stereocenters. The SMILES string of the molecule is Cc1ccc(CN(C(=O)CN(c2ccc(Br)cc2)S(=O)(=O)c2ccc(C)cc2)[C@H](Cc2ccccc2)C(=O)NC2CCCCC2)cc1. The number of aryl methyl sites for hydroxylation is 2. The zero-order valence-electron chi connectivity index (χ0n) is 26.9. The lowest BCUT2D eigenvalue weighted by atomic mass is 9.94. The molecule has 1 fully saturated rings. The van der Waals surface area contributed by atoms with E-state index in [1.54, 1.807) is 53.4 Å². The monoisotopic (exact) mass is 715 g/mol. The summed E-state index contributed by atoms with van der Waals surface area (Å²) in [6.45, 7) is 3.55. The highest BCUT2D eigenvalue weighted by atomic mass is 79.9. The van der Waals surface area contributed by atoms with E-state index in [1.165, 1.54) is 0 Å². The van der Waals surface area contributed by atoms with E-state index in [0.717, 1.165) is 63.1 Å². The molecular weight excluding hydrogens is 674 g/mol. The largest absolute Gasteiger partial charge is 0.352 e. The van der Waals surface area contributed by atoms with E-state index in [9.17, 15) is 18.0 Å². The van der Waals surface area contributed by atoms with Crippen LogP contribution in [0.4, 0.5) is 5.69 Å². The number of hydrogen-bond acceptors (Lipinski definition) is 4. The molecule has 47 heavy (non-hydrogen) atoms. The van der Waals surface area contributed by atoms with Crippen LogP contribution in [0, 0.1) is 13.8 Å². The van der Waals surface area contributed by atoms with Crippen LogP contribution in [0.5, 0.6) is 0 Å². The molecule has 2 amide bonds. The van der Waals surface area contributed by atoms with E-state index in [-0.39, 0.29) is 23.4 Å². The van der Waals surface area contributed by atoms with Gasteiger partial charge in [0.1, 0.15) is 12.6 Å². The molecule has 1 N–H and O–H groups in total. The van der Waals surface area contributed by atoms with Gasteiger partial charge in [-0.25, -0.2) is 8.42 Å². The number of carbonyl (C=O) groups excluding carboxylic acids is 2. The molecule has 246 valence electrons. The third kappa shape index (κ3) is 9.11. The Balaban J connectivity index is 1.55. The van der Waals surface area contributed by atoms with Crippen molar-refractivity contribution in [2.24, 2.45) is 0 Å². The van der Waals surface area contributed by atoms with Crippen LogP contribution in [-0.4, -0.2) is 43.8 Å². The summed E-state index contributed by atoms with van der Waals surface area (Å²) in [7, 11) is -4.15. The molecule has 0 radical (unpaired) electrons. The molecule has 0 spiro atoms. The van der Waals surface area contributed by atoms with Gasteiger partial charge in [0.15, 0.2) is 0 Å². The first-order chi connectivity index (χ1) is 22.6. The van der Waals surface area contributed by atoms with E-state index in [4.69, 9.17) is 0 Å². The summed E-state index contributed by atoms with van der Waals surface area (Å²) in [6, 6.07) is 30.1. The summed E-state index contributed by atoms with van der Waals surface area (Å²) in [6.07, 6.45) is 5.36. The first kappa shape index (κ1) is 34.4. The number of sulfonamides is 1. The Kier molecular flexibility index (Phi) is 11.5. The number of halogens is 1. The molecule has 0 aliphatic heterocycles. The van der Waals surface area contributed by atoms with Crippen molar-refractivity contribution in [2.75, 3.05) is 10.8 Å². The van der Waals surface area contributed by atoms with Gasteiger partial charge in [-0.3, -0.25) is 13.9 Å². The van der Waals surface area contributed by atoms with E-state index in [2.05, 4.69) is 21.2 Å². The fraction of sp³-hybridized carbons (Fsp3) is 0.316. The molecule has 4 aromatic carbocycles. The number of amides is 2. The molecule has 0 saturated heterocycles. The summed E-state index contributed by atoms with van der Waals surface area (Å²) in [5.74, 6) is -0.693. The summed E-state index contributed by atoms with van der Waals surface area (Å²) in [5.41, 5.74) is 4.11. The van der Waals surface area contributed by atoms with Gasteiger partial charge < -0.3 is 10.2 Å². The minimum absolute atomic E-state index is 0.0482. The fourth-order valence-electron chi connectivity index (χ4n) is 5.96. The molecule has 9 heteroatoms. The number of nitrogens with zero attached hydrogens (tertiary/aromatic N) is 2. The third-order valence-corrected chi connectivity index (χ3v) is 11.0. The predicted octanol–water partition coefficient (Wildman–Crippen LogP) is 7.35. The molecule has 1 aliphatic carbocycles. The second-order valence-corrected chi connectivity index (χ2v) is 15.1. The van der Waals surface area contributed by atoms with E-state index >= 15 is 0 Å². The Morgan fingerprint density at radius 2 is 1.38 bits per heavy atom. The lowest BCUT2D eigenvalue weighted by molar-refractivity contribution is -0.140. The first-order valence-corrected chi connectivity index (χ1v) is 18.4. The van der Waals surface area contributed by atoms with Gasteiger partial charge in [-0.2, -0.15) is 0 Å². The Hall–Kier alpha value is -3.95. The molecule has 0 bridgehead atoms. The van der Waals surface area contributed by atoms with Gasteiger partial charge in [-0.05, 0) is 74.2 Å². The highest BCUT2D eigenvalue weighted by Crippen LogP contribution is 2.27. The number of anilines is 1. The number of carbonyl (C=O) groups is 2. The lowest BCUT2D eigenvalue weighted by Gasteiger charge is -2.35. The van der Waals surface area contributed by atoms with Crippen LogP contribution in [0.1, 0.15) is 54.4 Å². The van der Waals surface area contributed by atoms with E-state index in [1.807, 2.05) is 68.4 Å². The highest BCUT2D eigenvalue weighted by molar-refractivity contribution is 9.10. The zero-order valence-corrected chi connectivity index (χ0v) is 29.3. The molecule has 0 unspecified atom stereocenters. The summed E-state index contributed by atoms with van der Waals surface area (Å²) in [5, 5.41) is 3.25. The standard InChI is InChI=1S/C38H42BrN3O4S/c1-28-13-17-31(18-14-28)26-41(36(25-30-9-5-3-6-10-30)38(44)40-33-11-7-4-8-12-33)37(43)27-42(34-21-19-32(39)20-22-34)47(45,46)35-23-15-29(2)16-24-35/h3,5-6,9-10,13-24,33,36H,4,7-8,11-12,25-27H2,1-2H3,(H,40,44)/t36-/m1/s1. The fourth-order valence-corrected chi connectivity index (χ4v) is 7.64. The Labute approximate surface area is 287 Å². The van der Waals surface area contributed by atoms with Crippen molar-refractivity contribution in [2.45, 2.75) is 75.9 Å². The quantitative estimate of drug-likeness (QED) is 0.166. The average molecular weight is 717 g/mol. The van der Waals surface area contributed by atoms with Crippen LogP contribution in [0.2, 0.25) is 0 Å². The van der Waals surface area contributed by atoms with Gasteiger partial charge >= 0.3 is 0 Å². The molecule has 1 aliphatic rings. The number of hydrogen-bond donors (Lipinski definition) is 1. The summed E-state index contributed by atoms with van der Waals surface area (Å²) in [4.78, 5) is 30.5. The zero-order chi connectivity index (χ0) is 33.4. The van der Waals surface area contributed by atoms with Gasteiger partial charge in [0.05, 0.1) is 10.6 Å². The number of rotatable bonds is 12. The third-order valence-electron chi connectivity index (χ3n) is 8.70. The molecule has 0 aromatic heterocycles. The van der Waals surface area contributed by atoms with Crippen LogP contribution in [0.3, 0.4) is 0 Å². The molecule has 0 heterocycles. The molecule has 1 saturated carbocycles. The minimum Gasteiger partial charge on any atom is -0.352 e. The van der Waals surface area contributed by atoms with Crippen LogP contribution in [0.25, 0.3) is 0 Å². The van der Waals surface area contributed by atoms with Gasteiger partial charge in [-0.1, -0.05) is 113 Å². The molecule has 7 nitrogen and oxygen atoms in total. The average Bonchev–Trinajstić information content (AvgIpc) is 3.07. The summed E-state index contributed by atoms with van der Waals surface area (Å²) < 4.78 is 30.3. The van der Waals surface area contributed by atoms with Crippen molar-refractivity contribution in [1.29, 1.82) is 0 Å². The maximum Gasteiger partial charge on any atom is 0.264 e. The van der Waals surface area contributed by atoms with Crippen molar-refractivity contribution < 1.29 is 18.0 Å². The molecular formula is C38H42BrN3O4S. The van der Waals surface area contributed by atoms with Gasteiger partial charge in [0, 0.05) is 23.5 Å². The summed E-state index contributed by atoms with van der Waals surface area (Å²) >= 11 is 3.43. The van der Waals surface area contributed by atoms with Gasteiger partial charge in [0.2, 0.25) is 11.8 Å². The van der Waals surface area contributed by atoms with Crippen LogP contribution >= 0.6 is 15.9 Å². The number of benzene rings is 4. The van der Waals surface area contributed by atoms with E-state index in [0.29, 0.717) is 12.1 Å². The second kappa shape index (κ2) is 15.8. The van der Waals surface area contributed by atoms with Crippen molar-refractivity contribution >= 4 is 43.5 Å². The van der Waals surface area contributed by atoms with Crippen LogP contribution in [0.15, 0.2) is 112 Å². The van der Waals surface area contributed by atoms with Crippen molar-refractivity contribution in [1.82, 2.24) is 10.2 Å². The second-order valence-electron chi connectivity index (χ2n) is 12.4. The van der Waals surface area contributed by atoms with Crippen molar-refractivity contribution in [3.8, 4) is 0 Å². The van der Waals surface area contributed by atoms with Gasteiger partial charge in [0.25, 0.3) is 10.0 Å². The Morgan fingerprint density at radius 3 is 2.00 bits per heavy atom. The first-order valence-electron chi connectivity index (χ1n) is 16.1. The maximum atomic E-state index is 14.7.